The van der Waals surface area contributed by atoms with Crippen LogP contribution in [0.4, 0.5) is 35.2 Å². The van der Waals surface area contributed by atoms with Gasteiger partial charge in [0, 0.05) is 96.6 Å². The average Bonchev–Trinajstić information content (AvgIpc) is 0.727. The number of carbonyl (C=O) groups is 4. The third-order valence-corrected chi connectivity index (χ3v) is 20.1. The lowest BCUT2D eigenvalue weighted by Crippen LogP contribution is -2.38. The molecule has 6 aromatic rings. The minimum Gasteiger partial charge on any atom is -0.354 e. The summed E-state index contributed by atoms with van der Waals surface area (Å²) in [6, 6.07) is 23.0. The van der Waals surface area contributed by atoms with Gasteiger partial charge in [-0.15, -0.1) is 0 Å². The molecule has 4 aromatic carbocycles. The Balaban J connectivity index is 0.879. The zero-order valence-electron chi connectivity index (χ0n) is 53.6. The van der Waals surface area contributed by atoms with Crippen LogP contribution in [0.1, 0.15) is 219 Å². The van der Waals surface area contributed by atoms with Crippen LogP contribution >= 0.6 is 0 Å². The van der Waals surface area contributed by atoms with Crippen molar-refractivity contribution in [3.8, 4) is 11.1 Å². The molecule has 12 rings (SSSR count). The largest absolute Gasteiger partial charge is 0.354 e. The van der Waals surface area contributed by atoms with Crippen molar-refractivity contribution in [3.63, 3.8) is 0 Å². The number of anilines is 6. The number of nitrogens with zero attached hydrogens (tertiary/aromatic N) is 10. The zero-order chi connectivity index (χ0) is 62.1. The number of hydrogen-bond donors (Lipinski definition) is 4. The van der Waals surface area contributed by atoms with Crippen LogP contribution in [0.5, 0.6) is 0 Å². The molecule has 6 heterocycles. The first-order valence-electron chi connectivity index (χ1n) is 34.1. The Bertz CT molecular complexity index is 3250. The predicted molar refractivity (Wildman–Crippen MR) is 356 cm³/mol. The number of piperidine rings is 4. The Labute approximate surface area is 531 Å². The van der Waals surface area contributed by atoms with Gasteiger partial charge in [-0.25, -0.2) is 4.98 Å². The number of aromatic nitrogens is 6. The van der Waals surface area contributed by atoms with Crippen molar-refractivity contribution in [2.75, 3.05) is 86.7 Å². The highest BCUT2D eigenvalue weighted by molar-refractivity contribution is 6.35. The van der Waals surface area contributed by atoms with E-state index in [1.807, 2.05) is 0 Å². The molecule has 474 valence electrons. The van der Waals surface area contributed by atoms with Crippen molar-refractivity contribution < 1.29 is 19.2 Å². The van der Waals surface area contributed by atoms with Gasteiger partial charge in [-0.2, -0.15) is 24.9 Å². The molecule has 2 aromatic heterocycles. The molecule has 18 nitrogen and oxygen atoms in total. The SMILES string of the molecule is CC1CCCCN1CCCCc1nc(CCCCN2CCCCC2C)nc(Nc2ccc(-c3ccc(Nc4nc(NCCCN5CCCCC5C)nc(NCCCN5CCCCC5C)n4)c4c3C(=O)c3ccccc3C4=O)c3c2C(=O)c2ccccc2C3=O)n1. The monoisotopic (exact) mass is 1220 g/mol. The van der Waals surface area contributed by atoms with E-state index < -0.39 is 5.78 Å². The van der Waals surface area contributed by atoms with Crippen LogP contribution in [-0.4, -0.2) is 162 Å². The maximum atomic E-state index is 15.4. The molecule has 6 aliphatic rings. The summed E-state index contributed by atoms with van der Waals surface area (Å²) < 4.78 is 0. The van der Waals surface area contributed by atoms with Crippen LogP contribution in [-0.2, 0) is 12.8 Å². The first-order valence-corrected chi connectivity index (χ1v) is 34.1. The Hall–Kier alpha value is -7.38. The van der Waals surface area contributed by atoms with E-state index in [0.717, 1.165) is 90.9 Å². The molecule has 4 fully saturated rings. The molecular formula is C72H92N14O4. The number of hydrogen-bond acceptors (Lipinski definition) is 18. The predicted octanol–water partition coefficient (Wildman–Crippen LogP) is 12.5. The molecule has 0 radical (unpaired) electrons. The summed E-state index contributed by atoms with van der Waals surface area (Å²) in [7, 11) is 0. The lowest BCUT2D eigenvalue weighted by atomic mass is 9.75. The van der Waals surface area contributed by atoms with Crippen molar-refractivity contribution in [2.24, 2.45) is 0 Å². The standard InChI is InChI=1S/C72H92N14O4/c1-47-23-9-15-39-83(47)43-19-13-31-59-77-60(32-14-20-44-84-40-16-10-24-48(84)2)79-71(78-59)75-57-35-33-51(61-63(57)67(89)55-29-7-5-27-53(55)65(61)87)52-34-36-58(64-62(52)66(88)54-28-6-8-30-56(54)68(64)90)76-72-81-69(73-37-21-45-85-41-17-11-25-49(85)3)80-70(82-72)74-38-22-46-86-42-18-12-26-50(86)4/h5-8,27-30,33-36,47-50H,9-26,31-32,37-46H2,1-4H3,(H,75,77,78,79)(H3,73,74,76,80,81,82). The Morgan fingerprint density at radius 3 is 1.06 bits per heavy atom. The van der Waals surface area contributed by atoms with Crippen molar-refractivity contribution in [2.45, 2.75) is 180 Å². The van der Waals surface area contributed by atoms with E-state index in [1.165, 1.54) is 77.0 Å². The van der Waals surface area contributed by atoms with Gasteiger partial charge in [0.2, 0.25) is 23.8 Å². The summed E-state index contributed by atoms with van der Waals surface area (Å²) in [4.78, 5) is 101. The van der Waals surface area contributed by atoms with Gasteiger partial charge in [0.05, 0.1) is 22.5 Å². The second kappa shape index (κ2) is 29.3. The second-order valence-electron chi connectivity index (χ2n) is 26.3. The Kier molecular flexibility index (Phi) is 20.4. The van der Waals surface area contributed by atoms with E-state index in [-0.39, 0.29) is 67.8 Å². The lowest BCUT2D eigenvalue weighted by molar-refractivity contribution is 0.0978. The smallest absolute Gasteiger partial charge is 0.233 e. The van der Waals surface area contributed by atoms with Gasteiger partial charge in [-0.3, -0.25) is 19.2 Å². The van der Waals surface area contributed by atoms with Crippen LogP contribution in [0.2, 0.25) is 0 Å². The van der Waals surface area contributed by atoms with Gasteiger partial charge in [0.15, 0.2) is 23.1 Å². The van der Waals surface area contributed by atoms with Crippen LogP contribution in [0.25, 0.3) is 11.1 Å². The summed E-state index contributed by atoms with van der Waals surface area (Å²) in [6.07, 6.45) is 22.0. The highest BCUT2D eigenvalue weighted by Gasteiger charge is 2.39. The van der Waals surface area contributed by atoms with Crippen LogP contribution in [0.15, 0.2) is 72.8 Å². The first-order chi connectivity index (χ1) is 43.9. The second-order valence-corrected chi connectivity index (χ2v) is 26.3. The van der Waals surface area contributed by atoms with E-state index in [9.17, 15) is 0 Å². The molecule has 4 atom stereocenters. The summed E-state index contributed by atoms with van der Waals surface area (Å²) in [6.45, 7) is 19.1. The fourth-order valence-electron chi connectivity index (χ4n) is 14.8. The average molecular weight is 1220 g/mol. The Morgan fingerprint density at radius 2 is 0.689 bits per heavy atom. The number of unbranched alkanes of at least 4 members (excludes halogenated alkanes) is 2. The number of likely N-dealkylation sites (tertiary alicyclic amines) is 4. The molecule has 18 heteroatoms. The molecular weight excluding hydrogens is 1120 g/mol. The third kappa shape index (κ3) is 14.4. The van der Waals surface area contributed by atoms with Gasteiger partial charge >= 0.3 is 0 Å². The van der Waals surface area contributed by atoms with Gasteiger partial charge in [0.1, 0.15) is 11.6 Å². The maximum absolute atomic E-state index is 15.4. The summed E-state index contributed by atoms with van der Waals surface area (Å²) in [5.74, 6) is 1.13. The highest BCUT2D eigenvalue weighted by Crippen LogP contribution is 2.44. The number of rotatable bonds is 25. The number of nitrogens with one attached hydrogen (secondary N) is 4. The number of benzene rings is 4. The first kappa shape index (κ1) is 62.8. The van der Waals surface area contributed by atoms with E-state index in [0.29, 0.717) is 102 Å². The fraction of sp³-hybridized carbons (Fsp3) is 0.528. The van der Waals surface area contributed by atoms with Crippen LogP contribution < -0.4 is 21.3 Å². The van der Waals surface area contributed by atoms with E-state index in [1.54, 1.807) is 72.8 Å². The third-order valence-electron chi connectivity index (χ3n) is 20.1. The molecule has 0 bridgehead atoms. The number of ketones is 4. The summed E-state index contributed by atoms with van der Waals surface area (Å²) in [5, 5.41) is 13.8. The van der Waals surface area contributed by atoms with E-state index in [4.69, 9.17) is 29.9 Å². The van der Waals surface area contributed by atoms with Gasteiger partial charge in [-0.05, 0) is 180 Å². The summed E-state index contributed by atoms with van der Waals surface area (Å²) >= 11 is 0. The van der Waals surface area contributed by atoms with Crippen molar-refractivity contribution in [1.82, 2.24) is 49.5 Å². The fourth-order valence-corrected chi connectivity index (χ4v) is 14.8. The molecule has 0 saturated carbocycles. The molecule has 0 amide bonds. The molecule has 4 saturated heterocycles. The van der Waals surface area contributed by atoms with E-state index in [2.05, 4.69) is 68.6 Å². The molecule has 4 unspecified atom stereocenters. The molecule has 90 heavy (non-hydrogen) atoms. The number of aryl methyl sites for hydroxylation is 2. The van der Waals surface area contributed by atoms with Gasteiger partial charge in [-0.1, -0.05) is 86.3 Å². The van der Waals surface area contributed by atoms with E-state index >= 15 is 19.2 Å². The van der Waals surface area contributed by atoms with Crippen molar-refractivity contribution >= 4 is 58.3 Å². The normalized spacial score (nSPS) is 20.7. The topological polar surface area (TPSA) is 207 Å². The van der Waals surface area contributed by atoms with Gasteiger partial charge < -0.3 is 40.9 Å². The number of fused-ring (bicyclic) bond motifs is 4. The maximum Gasteiger partial charge on any atom is 0.233 e. The highest BCUT2D eigenvalue weighted by atomic mass is 16.1. The van der Waals surface area contributed by atoms with Crippen LogP contribution in [0.3, 0.4) is 0 Å². The molecule has 4 N–H and O–H groups in total. The van der Waals surface area contributed by atoms with Crippen molar-refractivity contribution in [3.05, 3.63) is 129 Å². The minimum absolute atomic E-state index is 0.103. The number of carbonyl (C=O) groups excluding carboxylic acids is 4. The molecule has 2 aliphatic carbocycles. The summed E-state index contributed by atoms with van der Waals surface area (Å²) in [5.41, 5.74) is 2.83. The zero-order valence-corrected chi connectivity index (χ0v) is 53.6. The van der Waals surface area contributed by atoms with Gasteiger partial charge in [0.25, 0.3) is 0 Å². The molecule has 4 aliphatic heterocycles. The minimum atomic E-state index is -0.391. The van der Waals surface area contributed by atoms with Crippen LogP contribution in [0, 0.1) is 0 Å². The lowest BCUT2D eigenvalue weighted by Gasteiger charge is -2.33. The van der Waals surface area contributed by atoms with Crippen molar-refractivity contribution in [1.29, 1.82) is 0 Å². The Morgan fingerprint density at radius 1 is 0.356 bits per heavy atom. The quantitative estimate of drug-likeness (QED) is 0.0393. The molecule has 0 spiro atoms.